The Balaban J connectivity index is 2.80. The number of nitrogens with one attached hydrogen (secondary N) is 1. The molecule has 1 aromatic heterocycles. The Labute approximate surface area is 110 Å². The molecule has 19 heavy (non-hydrogen) atoms. The van der Waals surface area contributed by atoms with Crippen LogP contribution in [0.1, 0.15) is 10.4 Å². The van der Waals surface area contributed by atoms with Gasteiger partial charge in [0.15, 0.2) is 11.3 Å². The summed E-state index contributed by atoms with van der Waals surface area (Å²) in [6.45, 7) is -0.0856. The maximum atomic E-state index is 11.8. The molecule has 0 aliphatic rings. The van der Waals surface area contributed by atoms with E-state index >= 15 is 0 Å². The lowest BCUT2D eigenvalue weighted by Gasteiger charge is -2.13. The van der Waals surface area contributed by atoms with E-state index in [9.17, 15) is 13.2 Å². The summed E-state index contributed by atoms with van der Waals surface area (Å²) in [5.74, 6) is -1.18. The fraction of sp³-hybridized carbons (Fsp3) is 0.400. The maximum absolute atomic E-state index is 11.8. The van der Waals surface area contributed by atoms with Crippen molar-refractivity contribution in [3.8, 4) is 0 Å². The molecule has 0 aromatic carbocycles. The Bertz CT molecular complexity index is 523. The average molecular weight is 290 g/mol. The number of nitrogens with zero attached hydrogens (tertiary/aromatic N) is 1. The third-order valence-electron chi connectivity index (χ3n) is 2.22. The summed E-state index contributed by atoms with van der Waals surface area (Å²) >= 11 is 0. The van der Waals surface area contributed by atoms with E-state index in [1.165, 1.54) is 14.2 Å². The largest absolute Gasteiger partial charge is 0.478 e. The smallest absolute Gasteiger partial charge is 0.337 e. The second-order valence-corrected chi connectivity index (χ2v) is 5.16. The first-order chi connectivity index (χ1) is 8.90. The second-order valence-electron chi connectivity index (χ2n) is 3.44. The lowest BCUT2D eigenvalue weighted by Crippen LogP contribution is -2.34. The first-order valence-electron chi connectivity index (χ1n) is 5.15. The summed E-state index contributed by atoms with van der Waals surface area (Å²) in [6, 6.07) is 2.27. The minimum Gasteiger partial charge on any atom is -0.478 e. The van der Waals surface area contributed by atoms with Crippen LogP contribution in [-0.2, 0) is 19.5 Å². The van der Waals surface area contributed by atoms with Crippen LogP contribution in [0.5, 0.6) is 0 Å². The van der Waals surface area contributed by atoms with Crippen LogP contribution in [0.3, 0.4) is 0 Å². The molecule has 0 aliphatic heterocycles. The Morgan fingerprint density at radius 2 is 2.05 bits per heavy atom. The van der Waals surface area contributed by atoms with Gasteiger partial charge in [-0.3, -0.25) is 0 Å². The standard InChI is InChI=1S/C10H14N2O6S/c1-17-9(18-2)6-12-19(15,16)8-4-3-7(5-11-8)10(13)14/h3-5,9,12H,6H2,1-2H3,(H,13,14). The van der Waals surface area contributed by atoms with E-state index in [2.05, 4.69) is 9.71 Å². The Morgan fingerprint density at radius 3 is 2.47 bits per heavy atom. The molecule has 0 fully saturated rings. The molecule has 0 radical (unpaired) electrons. The third kappa shape index (κ3) is 4.24. The SMILES string of the molecule is COC(CNS(=O)(=O)c1ccc(C(=O)O)cn1)OC. The number of pyridine rings is 1. The van der Waals surface area contributed by atoms with Gasteiger partial charge in [0.05, 0.1) is 12.1 Å². The second kappa shape index (κ2) is 6.57. The molecule has 2 N–H and O–H groups in total. The predicted molar refractivity (Wildman–Crippen MR) is 64.2 cm³/mol. The molecular weight excluding hydrogens is 276 g/mol. The molecule has 0 saturated heterocycles. The molecule has 0 aliphatic carbocycles. The van der Waals surface area contributed by atoms with Gasteiger partial charge in [-0.05, 0) is 12.1 Å². The fourth-order valence-corrected chi connectivity index (χ4v) is 2.12. The summed E-state index contributed by atoms with van der Waals surface area (Å²) in [7, 11) is -1.08. The van der Waals surface area contributed by atoms with Crippen molar-refractivity contribution in [2.45, 2.75) is 11.3 Å². The Morgan fingerprint density at radius 1 is 1.42 bits per heavy atom. The van der Waals surface area contributed by atoms with Crippen molar-refractivity contribution < 1.29 is 27.8 Å². The van der Waals surface area contributed by atoms with Crippen LogP contribution < -0.4 is 4.72 Å². The molecule has 0 amide bonds. The zero-order valence-electron chi connectivity index (χ0n) is 10.4. The van der Waals surface area contributed by atoms with Crippen molar-refractivity contribution in [2.24, 2.45) is 0 Å². The lowest BCUT2D eigenvalue weighted by molar-refractivity contribution is -0.0960. The molecule has 0 atom stereocenters. The van der Waals surface area contributed by atoms with Crippen LogP contribution in [0.15, 0.2) is 23.4 Å². The van der Waals surface area contributed by atoms with Crippen molar-refractivity contribution in [3.05, 3.63) is 23.9 Å². The maximum Gasteiger partial charge on any atom is 0.337 e. The fourth-order valence-electron chi connectivity index (χ4n) is 1.18. The zero-order valence-corrected chi connectivity index (χ0v) is 11.2. The van der Waals surface area contributed by atoms with Gasteiger partial charge < -0.3 is 14.6 Å². The highest BCUT2D eigenvalue weighted by atomic mass is 32.2. The summed E-state index contributed by atoms with van der Waals surface area (Å²) in [5, 5.41) is 8.41. The summed E-state index contributed by atoms with van der Waals surface area (Å²) < 4.78 is 35.5. The van der Waals surface area contributed by atoms with Gasteiger partial charge in [0, 0.05) is 20.4 Å². The Hall–Kier alpha value is -1.55. The molecule has 0 bridgehead atoms. The van der Waals surface area contributed by atoms with Gasteiger partial charge in [-0.2, -0.15) is 0 Å². The van der Waals surface area contributed by atoms with Gasteiger partial charge in [0.1, 0.15) is 0 Å². The van der Waals surface area contributed by atoms with E-state index in [4.69, 9.17) is 14.6 Å². The topological polar surface area (TPSA) is 115 Å². The molecule has 0 spiro atoms. The van der Waals surface area contributed by atoms with Crippen molar-refractivity contribution in [1.82, 2.24) is 9.71 Å². The predicted octanol–water partition coefficient (Wildman–Crippen LogP) is -0.323. The monoisotopic (exact) mass is 290 g/mol. The number of methoxy groups -OCH3 is 2. The number of aromatic nitrogens is 1. The summed E-state index contributed by atoms with van der Waals surface area (Å²) in [5.41, 5.74) is -0.0920. The molecule has 8 nitrogen and oxygen atoms in total. The van der Waals surface area contributed by atoms with Crippen LogP contribution >= 0.6 is 0 Å². The minimum atomic E-state index is -3.83. The summed E-state index contributed by atoms with van der Waals surface area (Å²) in [4.78, 5) is 14.2. The molecule has 1 rings (SSSR count). The van der Waals surface area contributed by atoms with E-state index in [0.717, 1.165) is 18.3 Å². The van der Waals surface area contributed by atoms with E-state index in [1.807, 2.05) is 0 Å². The highest BCUT2D eigenvalue weighted by molar-refractivity contribution is 7.89. The number of hydrogen-bond donors (Lipinski definition) is 2. The third-order valence-corrected chi connectivity index (χ3v) is 3.56. The highest BCUT2D eigenvalue weighted by Gasteiger charge is 2.18. The first-order valence-corrected chi connectivity index (χ1v) is 6.63. The van der Waals surface area contributed by atoms with E-state index < -0.39 is 22.3 Å². The molecule has 1 heterocycles. The molecule has 1 aromatic rings. The first kappa shape index (κ1) is 15.5. The number of rotatable bonds is 7. The number of hydrogen-bond acceptors (Lipinski definition) is 6. The van der Waals surface area contributed by atoms with Gasteiger partial charge in [-0.15, -0.1) is 0 Å². The number of carbonyl (C=O) groups is 1. The van der Waals surface area contributed by atoms with Gasteiger partial charge >= 0.3 is 5.97 Å². The van der Waals surface area contributed by atoms with Gasteiger partial charge in [0.25, 0.3) is 10.0 Å². The zero-order chi connectivity index (χ0) is 14.5. The van der Waals surface area contributed by atoms with Crippen LogP contribution in [0.2, 0.25) is 0 Å². The van der Waals surface area contributed by atoms with E-state index in [0.29, 0.717) is 0 Å². The molecule has 9 heteroatoms. The normalized spacial score (nSPS) is 11.7. The summed E-state index contributed by atoms with van der Waals surface area (Å²) in [6.07, 6.45) is 0.258. The van der Waals surface area contributed by atoms with Crippen molar-refractivity contribution in [3.63, 3.8) is 0 Å². The van der Waals surface area contributed by atoms with Gasteiger partial charge in [0.2, 0.25) is 0 Å². The van der Waals surface area contributed by atoms with E-state index in [-0.39, 0.29) is 17.1 Å². The van der Waals surface area contributed by atoms with Crippen molar-refractivity contribution in [1.29, 1.82) is 0 Å². The van der Waals surface area contributed by atoms with E-state index in [1.54, 1.807) is 0 Å². The number of carboxylic acid groups (broad SMARTS) is 1. The van der Waals surface area contributed by atoms with Crippen molar-refractivity contribution in [2.75, 3.05) is 20.8 Å². The number of ether oxygens (including phenoxy) is 2. The van der Waals surface area contributed by atoms with Crippen LogP contribution in [0.4, 0.5) is 0 Å². The molecule has 0 saturated carbocycles. The van der Waals surface area contributed by atoms with Crippen LogP contribution in [-0.4, -0.2) is 51.5 Å². The highest BCUT2D eigenvalue weighted by Crippen LogP contribution is 2.07. The van der Waals surface area contributed by atoms with Crippen molar-refractivity contribution >= 4 is 16.0 Å². The molecule has 0 unspecified atom stereocenters. The number of aromatic carboxylic acids is 1. The molecule has 106 valence electrons. The lowest BCUT2D eigenvalue weighted by atomic mass is 10.3. The van der Waals surface area contributed by atoms with Gasteiger partial charge in [-0.25, -0.2) is 22.9 Å². The molecular formula is C10H14N2O6S. The van der Waals surface area contributed by atoms with Crippen LogP contribution in [0, 0.1) is 0 Å². The van der Waals surface area contributed by atoms with Gasteiger partial charge in [-0.1, -0.05) is 0 Å². The minimum absolute atomic E-state index is 0.0856. The number of carboxylic acids is 1. The quantitative estimate of drug-likeness (QED) is 0.661. The van der Waals surface area contributed by atoms with Crippen LogP contribution in [0.25, 0.3) is 0 Å². The average Bonchev–Trinajstić information content (AvgIpc) is 2.40. The Kier molecular flexibility index (Phi) is 5.36. The number of sulfonamides is 1.